The van der Waals surface area contributed by atoms with Gasteiger partial charge in [-0.05, 0) is 24.3 Å². The van der Waals surface area contributed by atoms with E-state index in [1.54, 1.807) is 12.1 Å². The Morgan fingerprint density at radius 1 is 0.920 bits per heavy atom. The summed E-state index contributed by atoms with van der Waals surface area (Å²) >= 11 is 29.4. The minimum absolute atomic E-state index is 0.0128. The first-order chi connectivity index (χ1) is 11.8. The van der Waals surface area contributed by atoms with E-state index in [2.05, 4.69) is 0 Å². The molecule has 0 aliphatic heterocycles. The summed E-state index contributed by atoms with van der Waals surface area (Å²) in [5.74, 6) is -0.974. The number of carbonyl (C=O) groups is 1. The van der Waals surface area contributed by atoms with E-state index >= 15 is 0 Å². The number of carbonyl (C=O) groups excluding carboxylic acids is 1. The summed E-state index contributed by atoms with van der Waals surface area (Å²) in [4.78, 5) is 11.3. The first kappa shape index (κ1) is 20.3. The zero-order chi connectivity index (χ0) is 18.6. The quantitative estimate of drug-likeness (QED) is 0.570. The number of carboxylic acids is 1. The predicted molar refractivity (Wildman–Crippen MR) is 97.5 cm³/mol. The molecular weight excluding hydrogens is 433 g/mol. The Hall–Kier alpha value is -1.04. The van der Waals surface area contributed by atoms with Crippen LogP contribution in [0.15, 0.2) is 30.3 Å². The maximum atomic E-state index is 11.3. The lowest BCUT2D eigenvalue weighted by molar-refractivity contribution is -0.314. The average molecular weight is 444 g/mol. The van der Waals surface area contributed by atoms with Crippen molar-refractivity contribution in [2.75, 3.05) is 6.61 Å². The number of halogens is 5. The molecule has 0 bridgehead atoms. The third-order valence-corrected chi connectivity index (χ3v) is 4.59. The molecule has 0 aliphatic rings. The molecule has 0 saturated carbocycles. The van der Waals surface area contributed by atoms with Gasteiger partial charge in [-0.1, -0.05) is 58.0 Å². The van der Waals surface area contributed by atoms with Gasteiger partial charge in [0.05, 0.1) is 32.7 Å². The van der Waals surface area contributed by atoms with Crippen molar-refractivity contribution in [1.82, 2.24) is 0 Å². The van der Waals surface area contributed by atoms with Crippen LogP contribution in [0.4, 0.5) is 0 Å². The van der Waals surface area contributed by atoms with E-state index in [0.717, 1.165) is 0 Å². The molecule has 25 heavy (non-hydrogen) atoms. The maximum absolute atomic E-state index is 11.3. The van der Waals surface area contributed by atoms with Crippen molar-refractivity contribution in [2.45, 2.75) is 12.5 Å². The molecule has 2 aromatic carbocycles. The van der Waals surface area contributed by atoms with E-state index in [-0.39, 0.29) is 33.8 Å². The second kappa shape index (κ2) is 9.06. The van der Waals surface area contributed by atoms with E-state index in [1.165, 1.54) is 18.2 Å². The van der Waals surface area contributed by atoms with Crippen molar-refractivity contribution < 1.29 is 19.4 Å². The molecule has 0 amide bonds. The van der Waals surface area contributed by atoms with Crippen molar-refractivity contribution >= 4 is 64.0 Å². The van der Waals surface area contributed by atoms with Crippen molar-refractivity contribution in [3.63, 3.8) is 0 Å². The third-order valence-electron chi connectivity index (χ3n) is 3.04. The molecular formula is C16H10Cl5O4-. The molecule has 9 heteroatoms. The zero-order valence-corrected chi connectivity index (χ0v) is 16.2. The second-order valence-corrected chi connectivity index (χ2v) is 6.90. The summed E-state index contributed by atoms with van der Waals surface area (Å²) in [6, 6.07) is 7.39. The molecule has 0 aromatic heterocycles. The van der Waals surface area contributed by atoms with Gasteiger partial charge >= 0.3 is 0 Å². The highest BCUT2D eigenvalue weighted by atomic mass is 35.5. The highest BCUT2D eigenvalue weighted by molar-refractivity contribution is 6.43. The molecule has 2 rings (SSSR count). The van der Waals surface area contributed by atoms with Crippen LogP contribution in [-0.4, -0.2) is 18.7 Å². The number of ether oxygens (including phenoxy) is 2. The number of aliphatic carboxylic acids is 1. The molecule has 0 radical (unpaired) electrons. The topological polar surface area (TPSA) is 58.6 Å². The van der Waals surface area contributed by atoms with Gasteiger partial charge in [0.2, 0.25) is 0 Å². The fraction of sp³-hybridized carbons (Fsp3) is 0.188. The summed E-state index contributed by atoms with van der Waals surface area (Å²) < 4.78 is 10.8. The predicted octanol–water partition coefficient (Wildman–Crippen LogP) is 4.92. The van der Waals surface area contributed by atoms with Crippen LogP contribution in [0.5, 0.6) is 11.5 Å². The van der Waals surface area contributed by atoms with Crippen LogP contribution < -0.4 is 14.6 Å². The second-order valence-electron chi connectivity index (χ2n) is 4.83. The van der Waals surface area contributed by atoms with Crippen molar-refractivity contribution in [1.29, 1.82) is 0 Å². The van der Waals surface area contributed by atoms with Crippen LogP contribution in [-0.2, 0) is 4.79 Å². The van der Waals surface area contributed by atoms with E-state index in [9.17, 15) is 9.90 Å². The standard InChI is InChI=1S/C16H11Cl5O4/c17-8-1-2-13(11(20)5-8)24-4-3-14(16(22)23)25-15-7-10(19)9(18)6-12(15)21/h1-2,5-7,14H,3-4H2,(H,22,23)/p-1. The van der Waals surface area contributed by atoms with Crippen molar-refractivity contribution in [3.05, 3.63) is 55.4 Å². The van der Waals surface area contributed by atoms with Crippen LogP contribution in [0.25, 0.3) is 0 Å². The summed E-state index contributed by atoms with van der Waals surface area (Å²) in [5.41, 5.74) is 0. The number of rotatable bonds is 7. The van der Waals surface area contributed by atoms with Crippen LogP contribution in [0, 0.1) is 0 Å². The van der Waals surface area contributed by atoms with Crippen molar-refractivity contribution in [2.24, 2.45) is 0 Å². The lowest BCUT2D eigenvalue weighted by atomic mass is 10.2. The van der Waals surface area contributed by atoms with Crippen LogP contribution in [0.2, 0.25) is 25.1 Å². The Kier molecular flexibility index (Phi) is 7.35. The number of hydrogen-bond acceptors (Lipinski definition) is 4. The molecule has 0 heterocycles. The van der Waals surface area contributed by atoms with Gasteiger partial charge in [-0.2, -0.15) is 0 Å². The highest BCUT2D eigenvalue weighted by Gasteiger charge is 2.16. The molecule has 0 aliphatic carbocycles. The first-order valence-electron chi connectivity index (χ1n) is 6.88. The van der Waals surface area contributed by atoms with E-state index in [1.807, 2.05) is 0 Å². The molecule has 1 atom stereocenters. The van der Waals surface area contributed by atoms with Crippen LogP contribution in [0.3, 0.4) is 0 Å². The van der Waals surface area contributed by atoms with Gasteiger partial charge < -0.3 is 19.4 Å². The lowest BCUT2D eigenvalue weighted by Gasteiger charge is -2.21. The van der Waals surface area contributed by atoms with E-state index in [0.29, 0.717) is 15.8 Å². The number of hydrogen-bond donors (Lipinski definition) is 0. The van der Waals surface area contributed by atoms with Gasteiger partial charge in [0.15, 0.2) is 0 Å². The van der Waals surface area contributed by atoms with Crippen molar-refractivity contribution in [3.8, 4) is 11.5 Å². The lowest BCUT2D eigenvalue weighted by Crippen LogP contribution is -2.40. The summed E-state index contributed by atoms with van der Waals surface area (Å²) in [6.45, 7) is 0.0128. The molecule has 1 unspecified atom stereocenters. The van der Waals surface area contributed by atoms with Gasteiger partial charge in [-0.15, -0.1) is 0 Å². The summed E-state index contributed by atoms with van der Waals surface area (Å²) in [6.07, 6.45) is -1.32. The minimum Gasteiger partial charge on any atom is -0.546 e. The summed E-state index contributed by atoms with van der Waals surface area (Å²) in [7, 11) is 0. The van der Waals surface area contributed by atoms with Gasteiger partial charge in [0.1, 0.15) is 17.6 Å². The molecule has 0 N–H and O–H groups in total. The fourth-order valence-corrected chi connectivity index (χ4v) is 2.89. The monoisotopic (exact) mass is 441 g/mol. The smallest absolute Gasteiger partial charge is 0.141 e. The number of carboxylic acid groups (broad SMARTS) is 1. The van der Waals surface area contributed by atoms with Crippen LogP contribution >= 0.6 is 58.0 Å². The zero-order valence-electron chi connectivity index (χ0n) is 12.4. The third kappa shape index (κ3) is 5.73. The first-order valence-corrected chi connectivity index (χ1v) is 8.77. The SMILES string of the molecule is O=C([O-])C(CCOc1ccc(Cl)cc1Cl)Oc1cc(Cl)c(Cl)cc1Cl. The molecule has 4 nitrogen and oxygen atoms in total. The van der Waals surface area contributed by atoms with Crippen LogP contribution in [0.1, 0.15) is 6.42 Å². The Balaban J connectivity index is 2.02. The molecule has 0 fully saturated rings. The number of benzene rings is 2. The van der Waals surface area contributed by atoms with Gasteiger partial charge in [-0.25, -0.2) is 0 Å². The van der Waals surface area contributed by atoms with Gasteiger partial charge in [-0.3, -0.25) is 0 Å². The van der Waals surface area contributed by atoms with Gasteiger partial charge in [0.25, 0.3) is 0 Å². The largest absolute Gasteiger partial charge is 0.546 e. The fourth-order valence-electron chi connectivity index (χ4n) is 1.84. The normalized spacial score (nSPS) is 11.9. The maximum Gasteiger partial charge on any atom is 0.141 e. The molecule has 2 aromatic rings. The molecule has 0 saturated heterocycles. The van der Waals surface area contributed by atoms with E-state index in [4.69, 9.17) is 67.5 Å². The Labute approximate surface area is 169 Å². The molecule has 134 valence electrons. The Morgan fingerprint density at radius 3 is 2.20 bits per heavy atom. The minimum atomic E-state index is -1.42. The average Bonchev–Trinajstić information content (AvgIpc) is 2.53. The van der Waals surface area contributed by atoms with E-state index < -0.39 is 12.1 Å². The highest BCUT2D eigenvalue weighted by Crippen LogP contribution is 2.34. The Bertz CT molecular complexity index is 781. The Morgan fingerprint density at radius 2 is 1.56 bits per heavy atom. The van der Waals surface area contributed by atoms with Gasteiger partial charge in [0, 0.05) is 17.5 Å². The molecule has 0 spiro atoms. The summed E-state index contributed by atoms with van der Waals surface area (Å²) in [5, 5.41) is 12.6.